The molecule has 0 saturated carbocycles. The van der Waals surface area contributed by atoms with E-state index >= 15 is 0 Å². The third-order valence-electron chi connectivity index (χ3n) is 6.41. The van der Waals surface area contributed by atoms with Gasteiger partial charge in [-0.2, -0.15) is 0 Å². The topological polar surface area (TPSA) is 9.86 Å². The fraction of sp³-hybridized carbons (Fsp3) is 0.211. The van der Waals surface area contributed by atoms with E-state index < -0.39 is 203 Å². The van der Waals surface area contributed by atoms with Gasteiger partial charge in [0.25, 0.3) is 0 Å². The summed E-state index contributed by atoms with van der Waals surface area (Å²) in [5, 5.41) is -2.61. The maximum absolute atomic E-state index is 9.57. The van der Waals surface area contributed by atoms with Crippen LogP contribution in [0.25, 0.3) is 55.0 Å². The van der Waals surface area contributed by atoms with Gasteiger partial charge in [0.2, 0.25) is 0 Å². The van der Waals surface area contributed by atoms with Crippen LogP contribution in [-0.4, -0.2) is 9.13 Å². The van der Waals surface area contributed by atoms with Crippen molar-refractivity contribution >= 4 is 43.6 Å². The maximum atomic E-state index is 9.57. The molecule has 7 rings (SSSR count). The van der Waals surface area contributed by atoms with Crippen LogP contribution in [0.2, 0.25) is 0 Å². The monoisotopic (exact) mass is 552 g/mol. The van der Waals surface area contributed by atoms with E-state index in [0.29, 0.717) is 0 Å². The molecule has 2 heteroatoms. The molecule has 0 aliphatic carbocycles. The second-order valence-corrected chi connectivity index (χ2v) is 9.09. The third-order valence-corrected chi connectivity index (χ3v) is 6.41. The summed E-state index contributed by atoms with van der Waals surface area (Å²) < 4.78 is 278. The largest absolute Gasteiger partial charge is 0.309 e. The first-order valence-corrected chi connectivity index (χ1v) is 11.7. The van der Waals surface area contributed by atoms with Crippen LogP contribution in [0.1, 0.15) is 96.1 Å². The van der Waals surface area contributed by atoms with E-state index in [1.54, 1.807) is 0 Å². The maximum Gasteiger partial charge on any atom is 0.0648 e. The highest BCUT2D eigenvalue weighted by molar-refractivity contribution is 6.10. The van der Waals surface area contributed by atoms with E-state index in [4.69, 9.17) is 38.4 Å². The Labute approximate surface area is 281 Å². The Morgan fingerprint density at radius 3 is 1.40 bits per heavy atom. The van der Waals surface area contributed by atoms with Crippen molar-refractivity contribution in [2.75, 3.05) is 0 Å². The van der Waals surface area contributed by atoms with Gasteiger partial charge in [0.15, 0.2) is 0 Å². The lowest BCUT2D eigenvalue weighted by Crippen LogP contribution is -2.11. The molecule has 2 nitrogen and oxygen atoms in total. The number of rotatable bonds is 2. The number of hydrogen-bond acceptors (Lipinski definition) is 0. The molecule has 7 aromatic rings. The Kier molecular flexibility index (Phi) is 1.70. The smallest absolute Gasteiger partial charge is 0.0648 e. The van der Waals surface area contributed by atoms with Crippen molar-refractivity contribution in [3.63, 3.8) is 0 Å². The van der Waals surface area contributed by atoms with Crippen LogP contribution in [0.3, 0.4) is 0 Å². The summed E-state index contributed by atoms with van der Waals surface area (Å²) in [5.74, 6) is 0. The van der Waals surface area contributed by atoms with Crippen LogP contribution in [0.4, 0.5) is 0 Å². The first-order valence-electron chi connectivity index (χ1n) is 27.7. The summed E-state index contributed by atoms with van der Waals surface area (Å²) in [7, 11) is 0. The molecule has 0 saturated heterocycles. The van der Waals surface area contributed by atoms with Crippen molar-refractivity contribution in [3.05, 3.63) is 120 Å². The van der Waals surface area contributed by atoms with Gasteiger partial charge in [-0.3, -0.25) is 0 Å². The summed E-state index contributed by atoms with van der Waals surface area (Å²) in [4.78, 5) is 0. The molecule has 40 heavy (non-hydrogen) atoms. The van der Waals surface area contributed by atoms with Crippen LogP contribution in [-0.2, 0) is 10.8 Å². The standard InChI is InChI=1S/C38H36N2/c1-37(2,3)25-18-20-31-29-14-7-9-16-33(29)39(35(31)22-25)27-12-11-13-28(24-27)40-34-17-10-8-15-30(34)32-21-19-26(23-36(32)40)38(4,5)6/h7-24H,1-6H3/i1D3,2D3,3D3,4D3,5D3,6D3,7D,8D,9D,10D,14D,15D,16D,17D,18D,19D,20D,21D,22D,23D. The quantitative estimate of drug-likeness (QED) is 0.202. The molecule has 0 amide bonds. The molecule has 0 unspecified atom stereocenters. The lowest BCUT2D eigenvalue weighted by molar-refractivity contribution is 0.590. The van der Waals surface area contributed by atoms with Crippen molar-refractivity contribution in [2.24, 2.45) is 0 Å². The second-order valence-electron chi connectivity index (χ2n) is 9.09. The highest BCUT2D eigenvalue weighted by Gasteiger charge is 2.20. The van der Waals surface area contributed by atoms with Gasteiger partial charge in [-0.05, 0) is 64.3 Å². The third kappa shape index (κ3) is 3.78. The Hall–Kier alpha value is -4.30. The average Bonchev–Trinajstić information content (AvgIpc) is 3.78. The van der Waals surface area contributed by atoms with E-state index in [1.807, 2.05) is 0 Å². The first kappa shape index (κ1) is 7.91. The summed E-state index contributed by atoms with van der Waals surface area (Å²) in [5.41, 5.74) is -15.0. The Bertz CT molecular complexity index is 3180. The van der Waals surface area contributed by atoms with E-state index in [1.165, 1.54) is 0 Å². The second kappa shape index (κ2) is 8.60. The molecule has 0 N–H and O–H groups in total. The predicted octanol–water partition coefficient (Wildman–Crippen LogP) is 10.5. The van der Waals surface area contributed by atoms with Gasteiger partial charge in [0, 0.05) is 57.6 Å². The lowest BCUT2D eigenvalue weighted by atomic mass is 9.86. The van der Waals surface area contributed by atoms with Gasteiger partial charge >= 0.3 is 0 Å². The van der Waals surface area contributed by atoms with Gasteiger partial charge in [-0.15, -0.1) is 0 Å². The number of aromatic nitrogens is 2. The fourth-order valence-corrected chi connectivity index (χ4v) is 4.69. The van der Waals surface area contributed by atoms with Crippen LogP contribution in [0, 0.1) is 0 Å². The van der Waals surface area contributed by atoms with Crippen LogP contribution < -0.4 is 0 Å². The van der Waals surface area contributed by atoms with Crippen LogP contribution in [0.5, 0.6) is 0 Å². The normalized spacial score (nSPS) is 26.2. The van der Waals surface area contributed by atoms with Gasteiger partial charge in [0.05, 0.1) is 41.3 Å². The molecule has 0 atom stereocenters. The molecule has 0 radical (unpaired) electrons. The molecule has 0 spiro atoms. The molecule has 2 aromatic heterocycles. The fourth-order valence-electron chi connectivity index (χ4n) is 4.69. The van der Waals surface area contributed by atoms with E-state index in [-0.39, 0.29) is 0 Å². The minimum Gasteiger partial charge on any atom is -0.309 e. The van der Waals surface area contributed by atoms with E-state index in [2.05, 4.69) is 0 Å². The van der Waals surface area contributed by atoms with Crippen LogP contribution in [0.15, 0.2) is 109 Å². The molecular weight excluding hydrogens is 484 g/mol. The molecule has 0 fully saturated rings. The molecule has 198 valence electrons. The zero-order valence-corrected chi connectivity index (χ0v) is 20.2. The van der Waals surface area contributed by atoms with E-state index in [9.17, 15) is 5.48 Å². The average molecular weight is 553 g/mol. The van der Waals surface area contributed by atoms with Gasteiger partial charge in [-0.1, -0.05) is 108 Å². The van der Waals surface area contributed by atoms with Crippen molar-refractivity contribution in [1.29, 1.82) is 0 Å². The van der Waals surface area contributed by atoms with Crippen molar-refractivity contribution in [3.8, 4) is 11.4 Å². The minimum atomic E-state index is -4.11. The summed E-state index contributed by atoms with van der Waals surface area (Å²) in [6.07, 6.45) is 0. The Balaban J connectivity index is 1.81. The molecule has 0 aliphatic heterocycles. The number of hydrogen-bond donors (Lipinski definition) is 0. The van der Waals surface area contributed by atoms with E-state index in [0.717, 1.165) is 33.4 Å². The summed E-state index contributed by atoms with van der Waals surface area (Å²) in [6.45, 7) is -24.6. The summed E-state index contributed by atoms with van der Waals surface area (Å²) >= 11 is 0. The number of para-hydroxylation sites is 2. The Morgan fingerprint density at radius 1 is 0.525 bits per heavy atom. The molecule has 2 heterocycles. The molecule has 0 bridgehead atoms. The summed E-state index contributed by atoms with van der Waals surface area (Å²) in [6, 6.07) is -10.8. The van der Waals surface area contributed by atoms with Crippen LogP contribution >= 0.6 is 0 Å². The predicted molar refractivity (Wildman–Crippen MR) is 173 cm³/mol. The zero-order chi connectivity index (χ0) is 55.0. The minimum absolute atomic E-state index is 0.427. The molecule has 5 aromatic carbocycles. The van der Waals surface area contributed by atoms with Gasteiger partial charge in [-0.25, -0.2) is 0 Å². The highest BCUT2D eigenvalue weighted by atomic mass is 15.0. The number of benzene rings is 5. The zero-order valence-electron chi connectivity index (χ0n) is 52.2. The van der Waals surface area contributed by atoms with Crippen molar-refractivity contribution in [2.45, 2.75) is 51.9 Å². The number of nitrogens with zero attached hydrogens (tertiary/aromatic N) is 2. The molecule has 0 aliphatic rings. The first-order chi connectivity index (χ1) is 32.5. The SMILES string of the molecule is [2H]c1c([2H])c([2H])c2c(c1[2H])c1c([2H])c([2H])c(C(C([2H])([2H])[2H])(C([2H])([2H])[2H])C([2H])([2H])[2H])c([2H])c1n2-c1cccc(-n2c3c([2H])c([2H])c([2H])c([2H])c3c3c([2H])c([2H])c(C(C([2H])([2H])[2H])(C([2H])([2H])[2H])C([2H])([2H])[2H])c([2H])c32)c1. The van der Waals surface area contributed by atoms with Crippen molar-refractivity contribution < 1.29 is 43.9 Å². The highest BCUT2D eigenvalue weighted by Crippen LogP contribution is 2.38. The molecular formula is C38H36N2. The lowest BCUT2D eigenvalue weighted by Gasteiger charge is -2.20. The number of fused-ring (bicyclic) bond motifs is 6. The Morgan fingerprint density at radius 2 is 0.950 bits per heavy atom. The van der Waals surface area contributed by atoms with Gasteiger partial charge < -0.3 is 9.13 Å². The van der Waals surface area contributed by atoms with Crippen molar-refractivity contribution in [1.82, 2.24) is 9.13 Å². The van der Waals surface area contributed by atoms with Gasteiger partial charge in [0.1, 0.15) is 0 Å².